The van der Waals surface area contributed by atoms with E-state index >= 15 is 0 Å². The van der Waals surface area contributed by atoms with Crippen molar-refractivity contribution in [1.82, 2.24) is 0 Å². The smallest absolute Gasteiger partial charge is 0.384 e. The van der Waals surface area contributed by atoms with Crippen LogP contribution in [0.4, 0.5) is 0 Å². The van der Waals surface area contributed by atoms with Gasteiger partial charge in [0.2, 0.25) is 0 Å². The van der Waals surface area contributed by atoms with Gasteiger partial charge in [-0.15, -0.1) is 0 Å². The minimum absolute atomic E-state index is 0.0745. The largest absolute Gasteiger partial charge is 0.398 e. The van der Waals surface area contributed by atoms with E-state index in [4.69, 9.17) is 8.39 Å². The summed E-state index contributed by atoms with van der Waals surface area (Å²) in [5.74, 6) is 0.149. The molecule has 0 saturated heterocycles. The molecule has 11 rings (SSSR count). The first-order chi connectivity index (χ1) is 30.4. The average molecular weight is 821 g/mol. The fourth-order valence-corrected chi connectivity index (χ4v) is 9.66. The molecule has 1 heterocycles. The minimum Gasteiger partial charge on any atom is -0.398 e. The van der Waals surface area contributed by atoms with Crippen molar-refractivity contribution in [2.24, 2.45) is 0 Å². The molecule has 0 aliphatic heterocycles. The summed E-state index contributed by atoms with van der Waals surface area (Å²) in [7, 11) is -2.49. The van der Waals surface area contributed by atoms with Crippen molar-refractivity contribution in [2.75, 3.05) is 0 Å². The van der Waals surface area contributed by atoms with Crippen LogP contribution in [0.25, 0.3) is 99.1 Å². The third-order valence-corrected chi connectivity index (χ3v) is 12.6. The van der Waals surface area contributed by atoms with Gasteiger partial charge in [0.05, 0.1) is 0 Å². The summed E-state index contributed by atoms with van der Waals surface area (Å²) >= 11 is 0. The number of fused-ring (bicyclic) bond motifs is 7. The number of benzene rings is 8. The van der Waals surface area contributed by atoms with Gasteiger partial charge in [-0.3, -0.25) is 14.5 Å². The Balaban J connectivity index is 1.26. The fourth-order valence-electron chi connectivity index (χ4n) is 8.93. The van der Waals surface area contributed by atoms with Crippen molar-refractivity contribution in [3.63, 3.8) is 0 Å². The van der Waals surface area contributed by atoms with Crippen LogP contribution in [0.15, 0.2) is 203 Å². The van der Waals surface area contributed by atoms with Gasteiger partial charge in [0.1, 0.15) is 0 Å². The van der Waals surface area contributed by atoms with Gasteiger partial charge in [-0.25, -0.2) is 0 Å². The Morgan fingerprint density at radius 1 is 0.403 bits per heavy atom. The minimum atomic E-state index is -2.49. The van der Waals surface area contributed by atoms with Gasteiger partial charge in [-0.2, -0.15) is 0 Å². The van der Waals surface area contributed by atoms with E-state index in [9.17, 15) is 14.5 Å². The number of carbonyl (C=O) groups excluding carboxylic acids is 2. The first-order valence-electron chi connectivity index (χ1n) is 20.6. The molecule has 0 unspecified atom stereocenters. The Morgan fingerprint density at radius 2 is 0.790 bits per heavy atom. The number of ketones is 2. The van der Waals surface area contributed by atoms with Crippen LogP contribution in [-0.2, 0) is 9.59 Å². The van der Waals surface area contributed by atoms with Crippen molar-refractivity contribution in [2.45, 2.75) is 12.8 Å². The summed E-state index contributed by atoms with van der Waals surface area (Å²) in [6.07, 6.45) is 11.7. The summed E-state index contributed by atoms with van der Waals surface area (Å²) in [4.78, 5) is 36.5. The molecule has 296 valence electrons. The molecule has 0 radical (unpaired) electrons. The third kappa shape index (κ3) is 6.84. The summed E-state index contributed by atoms with van der Waals surface area (Å²) in [6.45, 7) is 0. The Kier molecular flexibility index (Phi) is 9.35. The average Bonchev–Trinajstić information content (AvgIpc) is 3.48. The topological polar surface area (TPSA) is 80.7 Å². The Bertz CT molecular complexity index is 3270. The lowest BCUT2D eigenvalue weighted by atomic mass is 9.88. The van der Waals surface area contributed by atoms with E-state index < -0.39 is 8.24 Å². The van der Waals surface area contributed by atoms with E-state index in [-0.39, 0.29) is 11.6 Å². The molecule has 0 atom stereocenters. The highest BCUT2D eigenvalue weighted by molar-refractivity contribution is 7.30. The zero-order valence-electron chi connectivity index (χ0n) is 33.4. The van der Waals surface area contributed by atoms with Crippen LogP contribution in [-0.4, -0.2) is 16.5 Å². The number of hydrogen-bond donors (Lipinski definition) is 1. The van der Waals surface area contributed by atoms with E-state index in [0.717, 1.165) is 99.1 Å². The highest BCUT2D eigenvalue weighted by atomic mass is 31.1. The van der Waals surface area contributed by atoms with Crippen molar-refractivity contribution in [1.29, 1.82) is 0 Å². The highest BCUT2D eigenvalue weighted by Gasteiger charge is 2.22. The lowest BCUT2D eigenvalue weighted by Gasteiger charge is -2.16. The number of hydrogen-bond acceptors (Lipinski definition) is 5. The fraction of sp³-hybridized carbons (Fsp3) is 0.0357. The second kappa shape index (κ2) is 15.5. The molecule has 6 heteroatoms. The predicted molar refractivity (Wildman–Crippen MR) is 254 cm³/mol. The summed E-state index contributed by atoms with van der Waals surface area (Å²) < 4.78 is 13.4. The van der Waals surface area contributed by atoms with Crippen LogP contribution in [0, 0.1) is 0 Å². The molecule has 9 aromatic rings. The zero-order valence-corrected chi connectivity index (χ0v) is 34.3. The molecule has 0 bridgehead atoms. The molecule has 8 aromatic carbocycles. The van der Waals surface area contributed by atoms with E-state index in [1.54, 1.807) is 12.2 Å². The molecule has 1 N–H and O–H groups in total. The first kappa shape index (κ1) is 37.4. The standard InChI is InChI=1S/C56H37O5P/c57-47-23-19-37(20-24-47)43-27-41(35-11-3-1-4-12-35)29-45(31-43)51-33-39-15-7-9-17-49(39)53-54-50-18-10-8-16-40(50)34-52(56(54)61-62(59)60-55(51)53)46-30-42(36-13-5-2-6-14-36)28-44(32-46)38-21-25-48(58)26-22-38/h1-23,25,27-34,59H,24,26H2. The van der Waals surface area contributed by atoms with Crippen LogP contribution in [0.2, 0.25) is 0 Å². The second-order valence-electron chi connectivity index (χ2n) is 15.8. The van der Waals surface area contributed by atoms with Gasteiger partial charge in [0.15, 0.2) is 22.7 Å². The molecule has 0 spiro atoms. The quantitative estimate of drug-likeness (QED) is 0.181. The third-order valence-electron chi connectivity index (χ3n) is 11.9. The van der Waals surface area contributed by atoms with Crippen LogP contribution < -0.4 is 0 Å². The Hall–Kier alpha value is -7.56. The SMILES string of the molecule is O=C1C=CC(c2cc(-c3ccccc3)cc(-c3cc4ccccc4c4c3op(O)oc3c(-c5cc(C6=CCC(=O)C=C6)cc(-c6ccccc6)c5)cc5ccccc5c34)c2)=CC1. The molecule has 2 aliphatic rings. The molecule has 5 nitrogen and oxygen atoms in total. The maximum atomic E-state index is 12.3. The van der Waals surface area contributed by atoms with Gasteiger partial charge in [0, 0.05) is 34.7 Å². The molecule has 0 saturated carbocycles. The van der Waals surface area contributed by atoms with Gasteiger partial charge < -0.3 is 8.39 Å². The summed E-state index contributed by atoms with van der Waals surface area (Å²) in [6, 6.07) is 54.4. The lowest BCUT2D eigenvalue weighted by molar-refractivity contribution is -0.114. The van der Waals surface area contributed by atoms with Crippen LogP contribution >= 0.6 is 8.24 Å². The van der Waals surface area contributed by atoms with Crippen LogP contribution in [0.1, 0.15) is 24.0 Å². The maximum absolute atomic E-state index is 12.3. The van der Waals surface area contributed by atoms with Gasteiger partial charge in [-0.1, -0.05) is 133 Å². The Morgan fingerprint density at radius 3 is 1.21 bits per heavy atom. The normalized spacial score (nSPS) is 13.9. The number of allylic oxidation sites excluding steroid dienone is 8. The van der Waals surface area contributed by atoms with E-state index in [2.05, 4.69) is 97.1 Å². The number of carbonyl (C=O) groups is 2. The molecule has 62 heavy (non-hydrogen) atoms. The summed E-state index contributed by atoms with van der Waals surface area (Å²) in [5.41, 5.74) is 12.5. The van der Waals surface area contributed by atoms with Gasteiger partial charge in [-0.05, 0) is 138 Å². The van der Waals surface area contributed by atoms with Crippen molar-refractivity contribution >= 4 is 74.4 Å². The molecule has 1 aromatic heterocycles. The van der Waals surface area contributed by atoms with E-state index in [1.165, 1.54) is 0 Å². The first-order valence-corrected chi connectivity index (χ1v) is 21.8. The second-order valence-corrected chi connectivity index (χ2v) is 16.6. The lowest BCUT2D eigenvalue weighted by Crippen LogP contribution is -1.97. The predicted octanol–water partition coefficient (Wildman–Crippen LogP) is 14.8. The van der Waals surface area contributed by atoms with Crippen molar-refractivity contribution < 1.29 is 22.9 Å². The maximum Gasteiger partial charge on any atom is 0.384 e. The molecular formula is C56H37O5P. The molecular weight excluding hydrogens is 784 g/mol. The highest BCUT2D eigenvalue weighted by Crippen LogP contribution is 2.48. The van der Waals surface area contributed by atoms with Crippen LogP contribution in [0.5, 0.6) is 0 Å². The van der Waals surface area contributed by atoms with Gasteiger partial charge in [0.25, 0.3) is 0 Å². The molecule has 2 aliphatic carbocycles. The van der Waals surface area contributed by atoms with Crippen LogP contribution in [0.3, 0.4) is 0 Å². The monoisotopic (exact) mass is 820 g/mol. The zero-order chi connectivity index (χ0) is 41.7. The molecule has 0 fully saturated rings. The van der Waals surface area contributed by atoms with Crippen molar-refractivity contribution in [3.8, 4) is 44.5 Å². The Labute approximate surface area is 358 Å². The van der Waals surface area contributed by atoms with Crippen molar-refractivity contribution in [3.05, 3.63) is 205 Å². The van der Waals surface area contributed by atoms with E-state index in [0.29, 0.717) is 24.0 Å². The number of rotatable bonds is 6. The van der Waals surface area contributed by atoms with E-state index in [1.807, 2.05) is 85.0 Å². The van der Waals surface area contributed by atoms with Gasteiger partial charge >= 0.3 is 8.24 Å². The summed E-state index contributed by atoms with van der Waals surface area (Å²) in [5, 5.41) is 5.58. The molecule has 0 amide bonds.